The highest BCUT2D eigenvalue weighted by molar-refractivity contribution is 7.10. The Labute approximate surface area is 220 Å². The lowest BCUT2D eigenvalue weighted by atomic mass is 10.0. The lowest BCUT2D eigenvalue weighted by Gasteiger charge is -2.30. The summed E-state index contributed by atoms with van der Waals surface area (Å²) in [4.78, 5) is 46.0. The van der Waals surface area contributed by atoms with Crippen molar-refractivity contribution in [2.75, 3.05) is 24.6 Å². The van der Waals surface area contributed by atoms with Gasteiger partial charge in [-0.3, -0.25) is 19.5 Å². The lowest BCUT2D eigenvalue weighted by molar-refractivity contribution is -0.384. The highest BCUT2D eigenvalue weighted by atomic mass is 32.1. The summed E-state index contributed by atoms with van der Waals surface area (Å²) in [5.74, 6) is -0.498. The number of fused-ring (bicyclic) bond motifs is 1. The number of hydrogen-bond donors (Lipinski definition) is 0. The number of piperidine rings is 1. The largest absolute Gasteiger partial charge is 0.463 e. The fourth-order valence-electron chi connectivity index (χ4n) is 4.84. The van der Waals surface area contributed by atoms with Crippen LogP contribution in [0.4, 0.5) is 11.4 Å². The molecule has 37 heavy (non-hydrogen) atoms. The molecule has 1 aromatic carbocycles. The molecular weight excluding hydrogens is 512 g/mol. The normalized spacial score (nSPS) is 17.9. The molecule has 0 radical (unpaired) electrons. The van der Waals surface area contributed by atoms with Crippen LogP contribution < -0.4 is 19.8 Å². The first-order valence-electron chi connectivity index (χ1n) is 12.2. The van der Waals surface area contributed by atoms with Crippen molar-refractivity contribution < 1.29 is 14.5 Å². The summed E-state index contributed by atoms with van der Waals surface area (Å²) < 4.78 is 7.26. The number of thiazole rings is 1. The van der Waals surface area contributed by atoms with Crippen molar-refractivity contribution in [3.63, 3.8) is 0 Å². The minimum atomic E-state index is -0.649. The van der Waals surface area contributed by atoms with Crippen LogP contribution in [0.25, 0.3) is 6.08 Å². The van der Waals surface area contributed by atoms with Crippen molar-refractivity contribution in [3.8, 4) is 0 Å². The van der Waals surface area contributed by atoms with E-state index < -0.39 is 16.9 Å². The first-order chi connectivity index (χ1) is 17.9. The molecule has 192 valence electrons. The molecule has 0 bridgehead atoms. The van der Waals surface area contributed by atoms with Crippen molar-refractivity contribution in [1.82, 2.24) is 4.57 Å². The SMILES string of the molecule is CCOC(=O)C1=C(C)N=c2s/c(=C\c3cc([N+](=O)[O-])ccc3N3CCCCC3)c(=O)n2C1c1cccs1. The maximum Gasteiger partial charge on any atom is 0.338 e. The zero-order valence-corrected chi connectivity index (χ0v) is 22.1. The van der Waals surface area contributed by atoms with Gasteiger partial charge in [0.15, 0.2) is 4.80 Å². The standard InChI is InChI=1S/C26H26N4O5S2/c1-3-35-25(32)22-16(2)27-26-29(23(22)20-8-7-13-36-20)24(31)21(37-26)15-17-14-18(30(33)34)9-10-19(17)28-11-5-4-6-12-28/h7-10,13-15,23H,3-6,11-12H2,1-2H3/b21-15-. The van der Waals surface area contributed by atoms with E-state index in [0.717, 1.165) is 42.9 Å². The van der Waals surface area contributed by atoms with Gasteiger partial charge in [0.25, 0.3) is 11.2 Å². The molecule has 0 spiro atoms. The van der Waals surface area contributed by atoms with Crippen molar-refractivity contribution in [1.29, 1.82) is 0 Å². The average molecular weight is 539 g/mol. The van der Waals surface area contributed by atoms with E-state index in [2.05, 4.69) is 9.89 Å². The van der Waals surface area contributed by atoms with Crippen LogP contribution in [0.1, 0.15) is 49.6 Å². The van der Waals surface area contributed by atoms with E-state index in [4.69, 9.17) is 4.74 Å². The average Bonchev–Trinajstić information content (AvgIpc) is 3.52. The van der Waals surface area contributed by atoms with Crippen LogP contribution in [0.15, 0.2) is 56.8 Å². The summed E-state index contributed by atoms with van der Waals surface area (Å²) in [5, 5.41) is 13.4. The van der Waals surface area contributed by atoms with Gasteiger partial charge < -0.3 is 9.64 Å². The van der Waals surface area contributed by atoms with E-state index in [9.17, 15) is 19.7 Å². The van der Waals surface area contributed by atoms with Crippen LogP contribution in [0.2, 0.25) is 0 Å². The molecule has 1 saturated heterocycles. The summed E-state index contributed by atoms with van der Waals surface area (Å²) in [6, 6.07) is 7.91. The second kappa shape index (κ2) is 10.4. The summed E-state index contributed by atoms with van der Waals surface area (Å²) in [5.41, 5.74) is 2.01. The molecule has 1 fully saturated rings. The molecule has 2 aromatic heterocycles. The van der Waals surface area contributed by atoms with Crippen LogP contribution >= 0.6 is 22.7 Å². The molecule has 3 aromatic rings. The highest BCUT2D eigenvalue weighted by Gasteiger charge is 2.34. The zero-order valence-electron chi connectivity index (χ0n) is 20.5. The van der Waals surface area contributed by atoms with Crippen LogP contribution in [-0.4, -0.2) is 35.2 Å². The number of thiophene rings is 1. The van der Waals surface area contributed by atoms with Gasteiger partial charge in [-0.1, -0.05) is 17.4 Å². The number of carbonyl (C=O) groups excluding carboxylic acids is 1. The number of nitro groups is 1. The Balaban J connectivity index is 1.70. The molecule has 11 heteroatoms. The number of anilines is 1. The second-order valence-electron chi connectivity index (χ2n) is 8.87. The maximum absolute atomic E-state index is 13.8. The second-order valence-corrected chi connectivity index (χ2v) is 10.9. The maximum atomic E-state index is 13.8. The van der Waals surface area contributed by atoms with Gasteiger partial charge in [-0.25, -0.2) is 9.79 Å². The highest BCUT2D eigenvalue weighted by Crippen LogP contribution is 2.33. The smallest absolute Gasteiger partial charge is 0.338 e. The third kappa shape index (κ3) is 4.76. The molecule has 0 N–H and O–H groups in total. The summed E-state index contributed by atoms with van der Waals surface area (Å²) >= 11 is 2.67. The third-order valence-electron chi connectivity index (χ3n) is 6.53. The third-order valence-corrected chi connectivity index (χ3v) is 8.44. The fraction of sp³-hybridized carbons (Fsp3) is 0.346. The number of benzene rings is 1. The number of ether oxygens (including phenoxy) is 1. The van der Waals surface area contributed by atoms with Gasteiger partial charge >= 0.3 is 5.97 Å². The molecule has 4 heterocycles. The predicted octanol–water partition coefficient (Wildman–Crippen LogP) is 3.76. The Hall–Kier alpha value is -3.57. The van der Waals surface area contributed by atoms with Crippen molar-refractivity contribution in [3.05, 3.63) is 87.2 Å². The molecule has 0 aliphatic carbocycles. The number of nitro benzene ring substituents is 1. The Morgan fingerprint density at radius 3 is 2.73 bits per heavy atom. The molecule has 1 unspecified atom stereocenters. The Morgan fingerprint density at radius 1 is 1.27 bits per heavy atom. The topological polar surface area (TPSA) is 107 Å². The molecule has 0 saturated carbocycles. The minimum Gasteiger partial charge on any atom is -0.463 e. The number of allylic oxidation sites excluding steroid dienone is 1. The zero-order chi connectivity index (χ0) is 26.1. The predicted molar refractivity (Wildman–Crippen MR) is 144 cm³/mol. The van der Waals surface area contributed by atoms with E-state index in [-0.39, 0.29) is 17.9 Å². The fourth-order valence-corrected chi connectivity index (χ4v) is 6.70. The number of aromatic nitrogens is 1. The van der Waals surface area contributed by atoms with Gasteiger partial charge in [0, 0.05) is 41.4 Å². The van der Waals surface area contributed by atoms with E-state index in [1.165, 1.54) is 34.8 Å². The molecule has 5 rings (SSSR count). The molecular formula is C26H26N4O5S2. The molecule has 2 aliphatic heterocycles. The number of esters is 1. The summed E-state index contributed by atoms with van der Waals surface area (Å²) in [7, 11) is 0. The number of non-ortho nitro benzene ring substituents is 1. The molecule has 0 amide bonds. The Bertz CT molecular complexity index is 1560. The van der Waals surface area contributed by atoms with Gasteiger partial charge in [0.2, 0.25) is 0 Å². The number of carbonyl (C=O) groups is 1. The Morgan fingerprint density at radius 2 is 2.05 bits per heavy atom. The monoisotopic (exact) mass is 538 g/mol. The lowest BCUT2D eigenvalue weighted by Crippen LogP contribution is -2.39. The number of hydrogen-bond acceptors (Lipinski definition) is 9. The van der Waals surface area contributed by atoms with E-state index in [0.29, 0.717) is 26.2 Å². The first-order valence-corrected chi connectivity index (χ1v) is 13.8. The molecule has 9 nitrogen and oxygen atoms in total. The van der Waals surface area contributed by atoms with E-state index in [1.54, 1.807) is 30.6 Å². The van der Waals surface area contributed by atoms with Gasteiger partial charge in [0.1, 0.15) is 6.04 Å². The van der Waals surface area contributed by atoms with Crippen LogP contribution in [0.5, 0.6) is 0 Å². The molecule has 1 atom stereocenters. The summed E-state index contributed by atoms with van der Waals surface area (Å²) in [6.45, 7) is 5.42. The minimum absolute atomic E-state index is 0.0308. The van der Waals surface area contributed by atoms with Crippen molar-refractivity contribution >= 4 is 46.1 Å². The molecule has 2 aliphatic rings. The first kappa shape index (κ1) is 25.1. The van der Waals surface area contributed by atoms with Crippen LogP contribution in [0, 0.1) is 10.1 Å². The van der Waals surface area contributed by atoms with Gasteiger partial charge in [-0.2, -0.15) is 0 Å². The van der Waals surface area contributed by atoms with Crippen molar-refractivity contribution in [2.45, 2.75) is 39.2 Å². The van der Waals surface area contributed by atoms with Crippen LogP contribution in [-0.2, 0) is 9.53 Å². The summed E-state index contributed by atoms with van der Waals surface area (Å²) in [6.07, 6.45) is 4.97. The Kier molecular flexibility index (Phi) is 7.07. The van der Waals surface area contributed by atoms with Gasteiger partial charge in [-0.05, 0) is 56.7 Å². The van der Waals surface area contributed by atoms with Gasteiger partial charge in [-0.15, -0.1) is 11.3 Å². The quantitative estimate of drug-likeness (QED) is 0.269. The van der Waals surface area contributed by atoms with Crippen molar-refractivity contribution in [2.24, 2.45) is 4.99 Å². The van der Waals surface area contributed by atoms with Gasteiger partial charge in [0.05, 0.1) is 27.3 Å². The van der Waals surface area contributed by atoms with E-state index in [1.807, 2.05) is 17.5 Å². The number of rotatable bonds is 6. The van der Waals surface area contributed by atoms with Crippen LogP contribution in [0.3, 0.4) is 0 Å². The van der Waals surface area contributed by atoms with E-state index >= 15 is 0 Å². The number of nitrogens with zero attached hydrogens (tertiary/aromatic N) is 4.